The molecule has 0 spiro atoms. The first kappa shape index (κ1) is 75.2. The molecule has 0 aliphatic rings. The van der Waals surface area contributed by atoms with Crippen LogP contribution >= 0.6 is 0 Å². The van der Waals surface area contributed by atoms with Gasteiger partial charge in [0.2, 0.25) is 33.7 Å². The summed E-state index contributed by atoms with van der Waals surface area (Å²) in [5, 5.41) is 27.5. The Kier molecular flexibility index (Phi) is 26.7. The van der Waals surface area contributed by atoms with Gasteiger partial charge in [-0.05, 0) is 156 Å². The second-order valence-corrected chi connectivity index (χ2v) is 28.1. The molecular weight excluding hydrogens is 1180 g/mol. The summed E-state index contributed by atoms with van der Waals surface area (Å²) in [5.41, 5.74) is 2.81. The Morgan fingerprint density at radius 3 is 0.943 bits per heavy atom. The fourth-order valence-corrected chi connectivity index (χ4v) is 10.9. The van der Waals surface area contributed by atoms with Gasteiger partial charge in [-0.25, -0.2) is 20.0 Å². The van der Waals surface area contributed by atoms with E-state index >= 15 is 0 Å². The van der Waals surface area contributed by atoms with E-state index < -0.39 is 51.7 Å². The summed E-state index contributed by atoms with van der Waals surface area (Å²) in [6.45, 7) is 38.2. The van der Waals surface area contributed by atoms with Crippen LogP contribution in [-0.4, -0.2) is 118 Å². The van der Waals surface area contributed by atoms with E-state index in [2.05, 4.69) is 77.4 Å². The van der Waals surface area contributed by atoms with Crippen molar-refractivity contribution >= 4 is 55.1 Å². The molecule has 468 valence electrons. The van der Waals surface area contributed by atoms with Crippen LogP contribution < -0.4 is 103 Å². The zero-order chi connectivity index (χ0) is 63.7. The SMILES string of the molecule is CCN(CC)CCCN=c1[nH]c(=Nc2cc(C(C)(C)C)c([O-])c(C(C)(C)C)c2)[nH]c(=Nc2ccc(/C=C/c3ccc(N=c4[nH]c(=NCCCN(CC)CC)[nH]c(=Nc5cc(C(C)(C)C)c([O-])c(C(C)(C)C)c5)[nH]4)cc3S(=O)(=O)O)c(S(=O)(=O)O)c2)[nH]1.[Na+].[Na+]. The van der Waals surface area contributed by atoms with E-state index in [1.54, 1.807) is 24.3 Å². The third-order valence-corrected chi connectivity index (χ3v) is 16.2. The van der Waals surface area contributed by atoms with Crippen molar-refractivity contribution < 1.29 is 95.3 Å². The Balaban J connectivity index is 0.00000828. The van der Waals surface area contributed by atoms with Crippen molar-refractivity contribution in [2.24, 2.45) is 30.0 Å². The molecule has 0 atom stereocenters. The summed E-state index contributed by atoms with van der Waals surface area (Å²) < 4.78 is 73.6. The molecule has 2 heterocycles. The first-order valence-electron chi connectivity index (χ1n) is 29.1. The summed E-state index contributed by atoms with van der Waals surface area (Å²) >= 11 is 0. The maximum atomic E-state index is 13.7. The van der Waals surface area contributed by atoms with Crippen LogP contribution in [0.4, 0.5) is 22.7 Å². The third kappa shape index (κ3) is 21.2. The Labute approximate surface area is 562 Å². The Hall–Kier alpha value is -5.22. The van der Waals surface area contributed by atoms with Gasteiger partial charge in [0, 0.05) is 13.1 Å². The van der Waals surface area contributed by atoms with E-state index in [-0.39, 0.29) is 116 Å². The average Bonchev–Trinajstić information content (AvgIpc) is 0.869. The molecule has 88 heavy (non-hydrogen) atoms. The van der Waals surface area contributed by atoms with Gasteiger partial charge in [0.15, 0.2) is 0 Å². The molecule has 6 aromatic rings. The van der Waals surface area contributed by atoms with E-state index in [4.69, 9.17) is 20.0 Å². The number of nitrogens with zero attached hydrogens (tertiary/aromatic N) is 8. The summed E-state index contributed by atoms with van der Waals surface area (Å²) in [7, 11) is -9.88. The summed E-state index contributed by atoms with van der Waals surface area (Å²) in [6, 6.07) is 15.1. The standard InChI is InChI=1S/C62H90N14O8S2.2Na/c1-17-75(18-2)31-21-29-63-53-69-55(73-57(71-53)67-43-33-45(59(5,6)7)51(77)46(34-43)60(8,9)10)65-41-27-25-39(49(37-41)85(79,80)81)23-24-40-26-28-42(38-50(40)86(82,83)84)66-56-70-54(64-30-22-32-76(19-3)20-4)72-58(74-56)68-44-35-47(61(11,12)13)52(78)48(36-44)62(14,15)16;;/h23-28,33-38,77-78H,17-22,29-32H2,1-16H3,(H,79,80,81)(H,82,83,84)(H3,63,65,67,69,71,73)(H3,64,66,68,70,72,74);;/q;2*+1/p-2/b24-23+;;. The second kappa shape index (κ2) is 31.2. The van der Waals surface area contributed by atoms with Crippen LogP contribution in [0.2, 0.25) is 0 Å². The zero-order valence-corrected chi connectivity index (χ0v) is 60.4. The monoisotopic (exact) mass is 1270 g/mol. The van der Waals surface area contributed by atoms with E-state index in [9.17, 15) is 36.2 Å². The van der Waals surface area contributed by atoms with E-state index in [1.165, 1.54) is 36.4 Å². The Bertz CT molecular complexity index is 3790. The van der Waals surface area contributed by atoms with Crippen molar-refractivity contribution in [3.8, 4) is 11.5 Å². The second-order valence-electron chi connectivity index (χ2n) is 25.3. The van der Waals surface area contributed by atoms with Gasteiger partial charge >= 0.3 is 59.1 Å². The van der Waals surface area contributed by atoms with Crippen LogP contribution in [0.25, 0.3) is 12.2 Å². The topological polar surface area (TPSA) is 330 Å². The molecule has 26 heteroatoms. The number of H-pyrrole nitrogens is 6. The van der Waals surface area contributed by atoms with Crippen LogP contribution in [0, 0.1) is 0 Å². The van der Waals surface area contributed by atoms with Crippen LogP contribution in [-0.2, 0) is 41.9 Å². The van der Waals surface area contributed by atoms with Crippen molar-refractivity contribution in [2.45, 2.75) is 155 Å². The van der Waals surface area contributed by atoms with Gasteiger partial charge in [-0.15, -0.1) is 11.5 Å². The van der Waals surface area contributed by atoms with Crippen LogP contribution in [0.1, 0.15) is 157 Å². The van der Waals surface area contributed by atoms with Gasteiger partial charge in [0.25, 0.3) is 20.2 Å². The summed E-state index contributed by atoms with van der Waals surface area (Å²) in [4.78, 5) is 50.9. The molecule has 0 saturated heterocycles. The van der Waals surface area contributed by atoms with Crippen LogP contribution in [0.3, 0.4) is 0 Å². The van der Waals surface area contributed by atoms with Gasteiger partial charge in [0.05, 0.1) is 22.7 Å². The molecule has 0 unspecified atom stereocenters. The van der Waals surface area contributed by atoms with Crippen molar-refractivity contribution in [1.29, 1.82) is 0 Å². The number of hydrogen-bond acceptors (Lipinski definition) is 14. The minimum absolute atomic E-state index is 0. The molecule has 0 aliphatic heterocycles. The normalized spacial score (nSPS) is 14.2. The molecule has 0 fully saturated rings. The van der Waals surface area contributed by atoms with Crippen molar-refractivity contribution in [3.63, 3.8) is 0 Å². The molecule has 0 bridgehead atoms. The molecule has 0 amide bonds. The molecule has 2 aromatic heterocycles. The van der Waals surface area contributed by atoms with Gasteiger partial charge in [-0.1, -0.05) is 135 Å². The minimum atomic E-state index is -4.94. The zero-order valence-electron chi connectivity index (χ0n) is 54.7. The summed E-state index contributed by atoms with van der Waals surface area (Å²) in [6.07, 6.45) is 4.08. The molecular formula is C62H88N14Na2O8S2. The Morgan fingerprint density at radius 1 is 0.432 bits per heavy atom. The molecule has 0 radical (unpaired) electrons. The first-order valence-corrected chi connectivity index (χ1v) is 32.0. The van der Waals surface area contributed by atoms with E-state index in [0.29, 0.717) is 58.0 Å². The molecule has 8 N–H and O–H groups in total. The number of aromatic amines is 6. The van der Waals surface area contributed by atoms with Gasteiger partial charge in [-0.2, -0.15) is 16.8 Å². The van der Waals surface area contributed by atoms with E-state index in [0.717, 1.165) is 64.2 Å². The number of benzene rings is 4. The van der Waals surface area contributed by atoms with Crippen LogP contribution in [0.5, 0.6) is 11.5 Å². The molecule has 22 nitrogen and oxygen atoms in total. The van der Waals surface area contributed by atoms with Gasteiger partial charge in [-0.3, -0.25) is 49.0 Å². The largest absolute Gasteiger partial charge is 1.00 e. The molecule has 4 aromatic carbocycles. The number of hydrogen-bond donors (Lipinski definition) is 8. The Morgan fingerprint density at radius 2 is 0.693 bits per heavy atom. The molecule has 0 saturated carbocycles. The third-order valence-electron chi connectivity index (χ3n) is 14.4. The molecule has 0 aliphatic carbocycles. The maximum Gasteiger partial charge on any atom is 1.00 e. The number of rotatable bonds is 20. The fourth-order valence-electron chi connectivity index (χ4n) is 9.48. The smallest absolute Gasteiger partial charge is 0.872 e. The van der Waals surface area contributed by atoms with Crippen molar-refractivity contribution in [3.05, 3.63) is 128 Å². The maximum absolute atomic E-state index is 13.7. The van der Waals surface area contributed by atoms with E-state index in [1.807, 2.05) is 83.1 Å². The number of aromatic nitrogens is 6. The van der Waals surface area contributed by atoms with Crippen molar-refractivity contribution in [1.82, 2.24) is 39.7 Å². The quantitative estimate of drug-likeness (QED) is 0.0237. The number of nitrogens with one attached hydrogen (secondary N) is 6. The first-order chi connectivity index (χ1) is 40.0. The summed E-state index contributed by atoms with van der Waals surface area (Å²) in [5.74, 6) is -0.0996. The van der Waals surface area contributed by atoms with Gasteiger partial charge in [0.1, 0.15) is 9.79 Å². The van der Waals surface area contributed by atoms with Crippen LogP contribution in [0.15, 0.2) is 100 Å². The molecule has 6 rings (SSSR count). The predicted octanol–water partition coefficient (Wildman–Crippen LogP) is 1.86. The minimum Gasteiger partial charge on any atom is -0.872 e. The fraction of sp³-hybridized carbons (Fsp3) is 0.484. The predicted molar refractivity (Wildman–Crippen MR) is 334 cm³/mol. The van der Waals surface area contributed by atoms with Crippen molar-refractivity contribution in [2.75, 3.05) is 52.4 Å². The average molecular weight is 1270 g/mol. The van der Waals surface area contributed by atoms with Gasteiger partial charge < -0.3 is 20.0 Å².